The molecule has 100 valence electrons. The quantitative estimate of drug-likeness (QED) is 0.825. The van der Waals surface area contributed by atoms with Gasteiger partial charge in [-0.25, -0.2) is 4.39 Å². The van der Waals surface area contributed by atoms with E-state index in [1.807, 2.05) is 13.8 Å². The fraction of sp³-hybridized carbons (Fsp3) is 0.462. The summed E-state index contributed by atoms with van der Waals surface area (Å²) in [5.41, 5.74) is 6.18. The first-order valence-corrected chi connectivity index (χ1v) is 5.99. The van der Waals surface area contributed by atoms with Crippen LogP contribution >= 0.6 is 0 Å². The third kappa shape index (κ3) is 3.27. The van der Waals surface area contributed by atoms with Gasteiger partial charge in [-0.1, -0.05) is 12.1 Å². The highest BCUT2D eigenvalue weighted by Crippen LogP contribution is 2.17. The van der Waals surface area contributed by atoms with Gasteiger partial charge in [0.05, 0.1) is 0 Å². The third-order valence-corrected chi connectivity index (χ3v) is 2.91. The number of nitrogens with zero attached hydrogens (tertiary/aromatic N) is 1. The predicted octanol–water partition coefficient (Wildman–Crippen LogP) is 1.05. The molecule has 0 aliphatic rings. The van der Waals surface area contributed by atoms with Crippen molar-refractivity contribution in [1.29, 1.82) is 0 Å². The molecule has 1 aromatic rings. The Labute approximate surface area is 106 Å². The summed E-state index contributed by atoms with van der Waals surface area (Å²) in [4.78, 5) is 13.5. The summed E-state index contributed by atoms with van der Waals surface area (Å²) < 4.78 is 12.8. The third-order valence-electron chi connectivity index (χ3n) is 2.91. The largest absolute Gasteiger partial charge is 0.386 e. The summed E-state index contributed by atoms with van der Waals surface area (Å²) in [7, 11) is 0. The molecule has 0 spiro atoms. The summed E-state index contributed by atoms with van der Waals surface area (Å²) in [6.07, 6.45) is -1.13. The summed E-state index contributed by atoms with van der Waals surface area (Å²) >= 11 is 0. The van der Waals surface area contributed by atoms with E-state index < -0.39 is 18.0 Å². The number of carbonyl (C=O) groups is 1. The van der Waals surface area contributed by atoms with Crippen LogP contribution in [0, 0.1) is 5.82 Å². The van der Waals surface area contributed by atoms with Gasteiger partial charge in [0.15, 0.2) is 0 Å². The molecule has 0 aliphatic carbocycles. The van der Waals surface area contributed by atoms with Crippen molar-refractivity contribution in [2.45, 2.75) is 26.0 Å². The molecule has 0 heterocycles. The van der Waals surface area contributed by atoms with E-state index in [0.29, 0.717) is 18.7 Å². The highest BCUT2D eigenvalue weighted by Gasteiger charge is 2.27. The number of nitrogens with two attached hydrogens (primary N) is 1. The van der Waals surface area contributed by atoms with Crippen molar-refractivity contribution in [2.75, 3.05) is 13.1 Å². The lowest BCUT2D eigenvalue weighted by molar-refractivity contribution is -0.134. The van der Waals surface area contributed by atoms with Crippen molar-refractivity contribution in [3.63, 3.8) is 0 Å². The minimum atomic E-state index is -1.13. The van der Waals surface area contributed by atoms with E-state index in [2.05, 4.69) is 0 Å². The number of carbonyl (C=O) groups excluding carboxylic acids is 1. The number of aliphatic hydroxyl groups excluding tert-OH is 1. The van der Waals surface area contributed by atoms with Gasteiger partial charge < -0.3 is 15.7 Å². The molecule has 0 fully saturated rings. The van der Waals surface area contributed by atoms with Gasteiger partial charge in [-0.3, -0.25) is 4.79 Å². The fourth-order valence-electron chi connectivity index (χ4n) is 1.75. The average molecular weight is 254 g/mol. The maximum Gasteiger partial charge on any atom is 0.242 e. The Bertz CT molecular complexity index is 390. The molecule has 0 saturated carbocycles. The molecular weight excluding hydrogens is 235 g/mol. The van der Waals surface area contributed by atoms with Crippen molar-refractivity contribution in [3.05, 3.63) is 35.6 Å². The lowest BCUT2D eigenvalue weighted by Gasteiger charge is -2.25. The van der Waals surface area contributed by atoms with Crippen molar-refractivity contribution < 1.29 is 14.3 Å². The van der Waals surface area contributed by atoms with Crippen LogP contribution in [-0.4, -0.2) is 35.0 Å². The Kier molecular flexibility index (Phi) is 5.25. The Balaban J connectivity index is 2.80. The SMILES string of the molecule is CCN(CC)C(=O)C(N)C(O)c1ccc(F)cc1. The maximum absolute atomic E-state index is 12.8. The van der Waals surface area contributed by atoms with E-state index in [1.165, 1.54) is 24.3 Å². The minimum absolute atomic E-state index is 0.308. The predicted molar refractivity (Wildman–Crippen MR) is 67.3 cm³/mol. The molecular formula is C13H19FN2O2. The Morgan fingerprint density at radius 1 is 1.33 bits per heavy atom. The van der Waals surface area contributed by atoms with Crippen molar-refractivity contribution in [1.82, 2.24) is 4.90 Å². The van der Waals surface area contributed by atoms with Gasteiger partial charge in [0.1, 0.15) is 18.0 Å². The number of hydrogen-bond acceptors (Lipinski definition) is 3. The molecule has 5 heteroatoms. The number of amides is 1. The Morgan fingerprint density at radius 3 is 2.28 bits per heavy atom. The monoisotopic (exact) mass is 254 g/mol. The lowest BCUT2D eigenvalue weighted by Crippen LogP contribution is -2.46. The number of aliphatic hydroxyl groups is 1. The highest BCUT2D eigenvalue weighted by atomic mass is 19.1. The molecule has 3 N–H and O–H groups in total. The van der Waals surface area contributed by atoms with Gasteiger partial charge in [-0.05, 0) is 31.5 Å². The second-order valence-corrected chi connectivity index (χ2v) is 4.03. The van der Waals surface area contributed by atoms with Gasteiger partial charge in [0.25, 0.3) is 0 Å². The maximum atomic E-state index is 12.8. The van der Waals surface area contributed by atoms with Gasteiger partial charge in [0.2, 0.25) is 5.91 Å². The Hall–Kier alpha value is -1.46. The second kappa shape index (κ2) is 6.47. The molecule has 18 heavy (non-hydrogen) atoms. The highest BCUT2D eigenvalue weighted by molar-refractivity contribution is 5.82. The summed E-state index contributed by atoms with van der Waals surface area (Å²) in [5, 5.41) is 10.00. The molecule has 0 bridgehead atoms. The summed E-state index contributed by atoms with van der Waals surface area (Å²) in [6, 6.07) is 4.28. The van der Waals surface area contributed by atoms with Crippen LogP contribution in [0.4, 0.5) is 4.39 Å². The topological polar surface area (TPSA) is 66.6 Å². The smallest absolute Gasteiger partial charge is 0.242 e. The number of benzene rings is 1. The van der Waals surface area contributed by atoms with E-state index in [4.69, 9.17) is 5.73 Å². The molecule has 1 aromatic carbocycles. The first kappa shape index (κ1) is 14.6. The second-order valence-electron chi connectivity index (χ2n) is 4.03. The lowest BCUT2D eigenvalue weighted by atomic mass is 10.0. The van der Waals surface area contributed by atoms with Crippen LogP contribution in [0.1, 0.15) is 25.5 Å². The number of rotatable bonds is 5. The number of likely N-dealkylation sites (N-methyl/N-ethyl adjacent to an activating group) is 1. The van der Waals surface area contributed by atoms with Gasteiger partial charge in [-0.15, -0.1) is 0 Å². The van der Waals surface area contributed by atoms with Crippen LogP contribution in [0.15, 0.2) is 24.3 Å². The van der Waals surface area contributed by atoms with E-state index >= 15 is 0 Å². The molecule has 0 aliphatic heterocycles. The van der Waals surface area contributed by atoms with Crippen LogP contribution in [0.25, 0.3) is 0 Å². The summed E-state index contributed by atoms with van der Waals surface area (Å²) in [6.45, 7) is 4.77. The van der Waals surface area contributed by atoms with Gasteiger partial charge >= 0.3 is 0 Å². The Morgan fingerprint density at radius 2 is 1.83 bits per heavy atom. The zero-order valence-corrected chi connectivity index (χ0v) is 10.6. The van der Waals surface area contributed by atoms with E-state index in [-0.39, 0.29) is 5.91 Å². The fourth-order valence-corrected chi connectivity index (χ4v) is 1.75. The molecule has 2 atom stereocenters. The van der Waals surface area contributed by atoms with Crippen LogP contribution < -0.4 is 5.73 Å². The van der Waals surface area contributed by atoms with E-state index in [0.717, 1.165) is 0 Å². The molecule has 2 unspecified atom stereocenters. The molecule has 4 nitrogen and oxygen atoms in total. The standard InChI is InChI=1S/C13H19FN2O2/c1-3-16(4-2)13(18)11(15)12(17)9-5-7-10(14)8-6-9/h5-8,11-12,17H,3-4,15H2,1-2H3. The molecule has 1 amide bonds. The van der Waals surface area contributed by atoms with E-state index in [9.17, 15) is 14.3 Å². The summed E-state index contributed by atoms with van der Waals surface area (Å²) in [5.74, 6) is -0.702. The zero-order chi connectivity index (χ0) is 13.7. The van der Waals surface area contributed by atoms with Gasteiger partial charge in [-0.2, -0.15) is 0 Å². The number of halogens is 1. The average Bonchev–Trinajstić information content (AvgIpc) is 2.39. The van der Waals surface area contributed by atoms with Crippen LogP contribution in [-0.2, 0) is 4.79 Å². The van der Waals surface area contributed by atoms with Crippen molar-refractivity contribution >= 4 is 5.91 Å². The van der Waals surface area contributed by atoms with E-state index in [1.54, 1.807) is 4.90 Å². The first-order valence-electron chi connectivity index (χ1n) is 5.99. The van der Waals surface area contributed by atoms with Crippen molar-refractivity contribution in [3.8, 4) is 0 Å². The normalized spacial score (nSPS) is 14.1. The molecule has 0 radical (unpaired) electrons. The van der Waals surface area contributed by atoms with Crippen molar-refractivity contribution in [2.24, 2.45) is 5.73 Å². The molecule has 0 saturated heterocycles. The van der Waals surface area contributed by atoms with Crippen LogP contribution in [0.3, 0.4) is 0 Å². The number of hydrogen-bond donors (Lipinski definition) is 2. The van der Waals surface area contributed by atoms with Crippen LogP contribution in [0.2, 0.25) is 0 Å². The van der Waals surface area contributed by atoms with Crippen LogP contribution in [0.5, 0.6) is 0 Å². The van der Waals surface area contributed by atoms with Gasteiger partial charge in [0, 0.05) is 13.1 Å². The molecule has 0 aromatic heterocycles. The molecule has 1 rings (SSSR count). The first-order chi connectivity index (χ1) is 8.51. The zero-order valence-electron chi connectivity index (χ0n) is 10.6. The minimum Gasteiger partial charge on any atom is -0.386 e.